The quantitative estimate of drug-likeness (QED) is 0.867. The number of hydrogen-bond donors (Lipinski definition) is 1. The fourth-order valence-electron chi connectivity index (χ4n) is 3.53. The molecule has 2 fully saturated rings. The van der Waals surface area contributed by atoms with Gasteiger partial charge >= 0.3 is 6.18 Å². The maximum absolute atomic E-state index is 13.0. The van der Waals surface area contributed by atoms with E-state index in [1.165, 1.54) is 18.7 Å². The highest BCUT2D eigenvalue weighted by atomic mass is 19.4. The largest absolute Gasteiger partial charge is 0.394 e. The monoisotopic (exact) mass is 292 g/mol. The Morgan fingerprint density at radius 2 is 2.05 bits per heavy atom. The summed E-state index contributed by atoms with van der Waals surface area (Å²) in [4.78, 5) is 13.7. The Morgan fingerprint density at radius 3 is 2.55 bits per heavy atom. The minimum atomic E-state index is -4.23. The Kier molecular flexibility index (Phi) is 4.33. The number of amides is 1. The van der Waals surface area contributed by atoms with Gasteiger partial charge in [0.2, 0.25) is 5.91 Å². The molecular weight excluding hydrogens is 269 g/mol. The lowest BCUT2D eigenvalue weighted by molar-refractivity contribution is -0.192. The van der Waals surface area contributed by atoms with E-state index in [2.05, 4.69) is 5.32 Å². The standard InChI is InChI=1S/C14H23F3N2O/c1-13(2)11(14(15,16)17)7-9-19(13)12(20)6-5-10-4-3-8-18-10/h10-11,18H,3-9H2,1-2H3. The average molecular weight is 292 g/mol. The molecule has 2 saturated heterocycles. The molecule has 20 heavy (non-hydrogen) atoms. The van der Waals surface area contributed by atoms with Crippen LogP contribution in [0.15, 0.2) is 0 Å². The lowest BCUT2D eigenvalue weighted by Gasteiger charge is -2.37. The van der Waals surface area contributed by atoms with Crippen molar-refractivity contribution >= 4 is 5.91 Å². The van der Waals surface area contributed by atoms with Gasteiger partial charge in [-0.15, -0.1) is 0 Å². The number of rotatable bonds is 3. The van der Waals surface area contributed by atoms with E-state index in [1.54, 1.807) is 0 Å². The lowest BCUT2D eigenvalue weighted by Crippen LogP contribution is -2.49. The van der Waals surface area contributed by atoms with Crippen molar-refractivity contribution in [3.05, 3.63) is 0 Å². The Balaban J connectivity index is 1.93. The summed E-state index contributed by atoms with van der Waals surface area (Å²) in [7, 11) is 0. The average Bonchev–Trinajstić information content (AvgIpc) is 2.91. The molecule has 2 aliphatic rings. The minimum absolute atomic E-state index is 0.0178. The van der Waals surface area contributed by atoms with Crippen LogP contribution in [-0.4, -0.2) is 41.7 Å². The summed E-state index contributed by atoms with van der Waals surface area (Å²) < 4.78 is 38.9. The fraction of sp³-hybridized carbons (Fsp3) is 0.929. The van der Waals surface area contributed by atoms with Gasteiger partial charge in [-0.3, -0.25) is 4.79 Å². The van der Waals surface area contributed by atoms with Gasteiger partial charge in [-0.25, -0.2) is 0 Å². The first-order valence-electron chi connectivity index (χ1n) is 7.33. The van der Waals surface area contributed by atoms with Crippen LogP contribution >= 0.6 is 0 Å². The summed E-state index contributed by atoms with van der Waals surface area (Å²) in [6.07, 6.45) is -0.977. The van der Waals surface area contributed by atoms with Crippen LogP contribution in [0.25, 0.3) is 0 Å². The van der Waals surface area contributed by atoms with Gasteiger partial charge in [0.05, 0.1) is 5.92 Å². The molecule has 0 aromatic heterocycles. The molecular formula is C14H23F3N2O. The number of nitrogens with zero attached hydrogens (tertiary/aromatic N) is 1. The van der Waals surface area contributed by atoms with Crippen molar-refractivity contribution in [2.75, 3.05) is 13.1 Å². The SMILES string of the molecule is CC1(C)C(C(F)(F)F)CCN1C(=O)CCC1CCCN1. The second-order valence-electron chi connectivity index (χ2n) is 6.41. The highest BCUT2D eigenvalue weighted by Crippen LogP contribution is 2.44. The predicted octanol–water partition coefficient (Wildman–Crippen LogP) is 2.71. The summed E-state index contributed by atoms with van der Waals surface area (Å²) in [5.74, 6) is -1.56. The Morgan fingerprint density at radius 1 is 1.35 bits per heavy atom. The molecule has 6 heteroatoms. The topological polar surface area (TPSA) is 32.3 Å². The molecule has 0 spiro atoms. The third-order valence-electron chi connectivity index (χ3n) is 4.76. The first-order valence-corrected chi connectivity index (χ1v) is 7.33. The third-order valence-corrected chi connectivity index (χ3v) is 4.76. The van der Waals surface area contributed by atoms with E-state index in [4.69, 9.17) is 0 Å². The molecule has 2 atom stereocenters. The highest BCUT2D eigenvalue weighted by Gasteiger charge is 2.55. The summed E-state index contributed by atoms with van der Waals surface area (Å²) in [5.41, 5.74) is -1.13. The summed E-state index contributed by atoms with van der Waals surface area (Å²) >= 11 is 0. The van der Waals surface area contributed by atoms with E-state index in [1.807, 2.05) is 0 Å². The van der Waals surface area contributed by atoms with E-state index in [0.29, 0.717) is 12.5 Å². The van der Waals surface area contributed by atoms with Crippen molar-refractivity contribution in [1.82, 2.24) is 10.2 Å². The Hall–Kier alpha value is -0.780. The molecule has 2 rings (SSSR count). The van der Waals surface area contributed by atoms with Crippen LogP contribution in [0, 0.1) is 5.92 Å². The second kappa shape index (κ2) is 5.54. The second-order valence-corrected chi connectivity index (χ2v) is 6.41. The molecule has 2 aliphatic heterocycles. The number of halogens is 3. The zero-order valence-electron chi connectivity index (χ0n) is 12.1. The smallest absolute Gasteiger partial charge is 0.337 e. The predicted molar refractivity (Wildman–Crippen MR) is 70.2 cm³/mol. The van der Waals surface area contributed by atoms with Crippen LogP contribution in [0.5, 0.6) is 0 Å². The molecule has 116 valence electrons. The van der Waals surface area contributed by atoms with Crippen molar-refractivity contribution < 1.29 is 18.0 Å². The molecule has 0 aromatic rings. The van der Waals surface area contributed by atoms with Crippen molar-refractivity contribution in [2.24, 2.45) is 5.92 Å². The van der Waals surface area contributed by atoms with Crippen LogP contribution in [0.2, 0.25) is 0 Å². The van der Waals surface area contributed by atoms with Crippen LogP contribution in [0.4, 0.5) is 13.2 Å². The van der Waals surface area contributed by atoms with E-state index in [0.717, 1.165) is 25.8 Å². The third kappa shape index (κ3) is 3.10. The maximum Gasteiger partial charge on any atom is 0.394 e. The molecule has 3 nitrogen and oxygen atoms in total. The van der Waals surface area contributed by atoms with Crippen LogP contribution in [0.1, 0.15) is 46.0 Å². The van der Waals surface area contributed by atoms with Crippen LogP contribution < -0.4 is 5.32 Å². The Bertz CT molecular complexity index is 362. The van der Waals surface area contributed by atoms with E-state index >= 15 is 0 Å². The van der Waals surface area contributed by atoms with Crippen molar-refractivity contribution in [3.63, 3.8) is 0 Å². The molecule has 2 heterocycles. The number of nitrogens with one attached hydrogen (secondary N) is 1. The van der Waals surface area contributed by atoms with Gasteiger partial charge in [0.1, 0.15) is 0 Å². The molecule has 2 unspecified atom stereocenters. The van der Waals surface area contributed by atoms with Crippen molar-refractivity contribution in [3.8, 4) is 0 Å². The fourth-order valence-corrected chi connectivity index (χ4v) is 3.53. The van der Waals surface area contributed by atoms with Gasteiger partial charge in [-0.1, -0.05) is 0 Å². The normalized spacial score (nSPS) is 29.9. The lowest BCUT2D eigenvalue weighted by atomic mass is 9.87. The Labute approximate surface area is 117 Å². The molecule has 0 saturated carbocycles. The molecule has 1 amide bonds. The van der Waals surface area contributed by atoms with Gasteiger partial charge in [0.15, 0.2) is 0 Å². The number of likely N-dealkylation sites (tertiary alicyclic amines) is 1. The van der Waals surface area contributed by atoms with Gasteiger partial charge in [-0.2, -0.15) is 13.2 Å². The van der Waals surface area contributed by atoms with E-state index < -0.39 is 17.6 Å². The number of alkyl halides is 3. The zero-order chi connectivity index (χ0) is 15.0. The van der Waals surface area contributed by atoms with Crippen LogP contribution in [0.3, 0.4) is 0 Å². The summed E-state index contributed by atoms with van der Waals surface area (Å²) in [6, 6.07) is 0.350. The highest BCUT2D eigenvalue weighted by molar-refractivity contribution is 5.77. The summed E-state index contributed by atoms with van der Waals surface area (Å²) in [6.45, 7) is 4.26. The van der Waals surface area contributed by atoms with Gasteiger partial charge in [-0.05, 0) is 46.1 Å². The van der Waals surface area contributed by atoms with Crippen molar-refractivity contribution in [2.45, 2.75) is 63.7 Å². The number of hydrogen-bond acceptors (Lipinski definition) is 2. The molecule has 0 radical (unpaired) electrons. The first-order chi connectivity index (χ1) is 9.23. The van der Waals surface area contributed by atoms with Gasteiger partial charge in [0.25, 0.3) is 0 Å². The maximum atomic E-state index is 13.0. The molecule has 0 aliphatic carbocycles. The van der Waals surface area contributed by atoms with E-state index in [-0.39, 0.29) is 18.9 Å². The van der Waals surface area contributed by atoms with Crippen molar-refractivity contribution in [1.29, 1.82) is 0 Å². The van der Waals surface area contributed by atoms with Crippen LogP contribution in [-0.2, 0) is 4.79 Å². The molecule has 0 bridgehead atoms. The summed E-state index contributed by atoms with van der Waals surface area (Å²) in [5, 5.41) is 3.31. The van der Waals surface area contributed by atoms with Gasteiger partial charge in [0, 0.05) is 24.5 Å². The van der Waals surface area contributed by atoms with Gasteiger partial charge < -0.3 is 10.2 Å². The zero-order valence-corrected chi connectivity index (χ0v) is 12.1. The number of carbonyl (C=O) groups excluding carboxylic acids is 1. The minimum Gasteiger partial charge on any atom is -0.337 e. The van der Waals surface area contributed by atoms with E-state index in [9.17, 15) is 18.0 Å². The molecule has 1 N–H and O–H groups in total. The molecule has 0 aromatic carbocycles. The number of carbonyl (C=O) groups is 1. The first kappa shape index (κ1) is 15.6.